The van der Waals surface area contributed by atoms with Crippen LogP contribution in [0.1, 0.15) is 33.1 Å². The predicted molar refractivity (Wildman–Crippen MR) is 103 cm³/mol. The van der Waals surface area contributed by atoms with Gasteiger partial charge in [-0.15, -0.1) is 0 Å². The molecule has 0 bridgehead atoms. The van der Waals surface area contributed by atoms with Gasteiger partial charge in [-0.05, 0) is 12.3 Å². The van der Waals surface area contributed by atoms with Crippen LogP contribution in [-0.2, 0) is 24.0 Å². The number of carboxylic acid groups (broad SMARTS) is 2. The highest BCUT2D eigenvalue weighted by Crippen LogP contribution is 2.07. The predicted octanol–water partition coefficient (Wildman–Crippen LogP) is -1.68. The lowest BCUT2D eigenvalue weighted by molar-refractivity contribution is -0.143. The number of hydrogen-bond acceptors (Lipinski definition) is 7. The maximum atomic E-state index is 12.1. The van der Waals surface area contributed by atoms with Crippen LogP contribution in [0.2, 0.25) is 0 Å². The molecule has 0 aliphatic carbocycles. The van der Waals surface area contributed by atoms with E-state index in [2.05, 4.69) is 28.6 Å². The molecule has 11 nitrogen and oxygen atoms in total. The zero-order chi connectivity index (χ0) is 21.9. The number of carbonyl (C=O) groups is 5. The smallest absolute Gasteiger partial charge is 0.326 e. The van der Waals surface area contributed by atoms with Crippen LogP contribution in [-0.4, -0.2) is 70.3 Å². The molecule has 4 atom stereocenters. The van der Waals surface area contributed by atoms with E-state index in [4.69, 9.17) is 15.9 Å². The normalized spacial score (nSPS) is 14.9. The van der Waals surface area contributed by atoms with Gasteiger partial charge in [-0.3, -0.25) is 19.2 Å². The highest BCUT2D eigenvalue weighted by Gasteiger charge is 2.26. The number of carboxylic acids is 2. The van der Waals surface area contributed by atoms with E-state index in [0.29, 0.717) is 6.42 Å². The molecule has 0 aromatic carbocycles. The third kappa shape index (κ3) is 9.55. The van der Waals surface area contributed by atoms with Gasteiger partial charge in [0.2, 0.25) is 17.7 Å². The van der Waals surface area contributed by atoms with Crippen LogP contribution in [0.3, 0.4) is 0 Å². The lowest BCUT2D eigenvalue weighted by Crippen LogP contribution is -2.54. The minimum Gasteiger partial charge on any atom is -0.481 e. The second-order valence-electron chi connectivity index (χ2n) is 6.27. The topological polar surface area (TPSA) is 188 Å². The summed E-state index contributed by atoms with van der Waals surface area (Å²) in [6.45, 7) is 2.98. The highest BCUT2D eigenvalue weighted by atomic mass is 32.1. The summed E-state index contributed by atoms with van der Waals surface area (Å²) in [6, 6.07) is -3.28. The highest BCUT2D eigenvalue weighted by molar-refractivity contribution is 7.80. The van der Waals surface area contributed by atoms with Crippen LogP contribution in [0, 0.1) is 5.92 Å². The molecule has 0 radical (unpaired) electrons. The van der Waals surface area contributed by atoms with Gasteiger partial charge in [0.1, 0.15) is 12.1 Å². The van der Waals surface area contributed by atoms with Crippen LogP contribution in [0.5, 0.6) is 0 Å². The van der Waals surface area contributed by atoms with Gasteiger partial charge in [0.15, 0.2) is 0 Å². The number of nitrogens with two attached hydrogens (primary N) is 1. The molecule has 4 unspecified atom stereocenters. The Balaban J connectivity index is 4.60. The number of aliphatic carboxylic acids is 2. The zero-order valence-electron chi connectivity index (χ0n) is 15.8. The Morgan fingerprint density at radius 2 is 1.68 bits per heavy atom. The number of thiol groups is 1. The molecule has 28 heavy (non-hydrogen) atoms. The monoisotopic (exact) mass is 420 g/mol. The van der Waals surface area contributed by atoms with Crippen molar-refractivity contribution in [3.8, 4) is 0 Å². The second-order valence-corrected chi connectivity index (χ2v) is 6.63. The summed E-state index contributed by atoms with van der Waals surface area (Å²) >= 11 is 3.96. The van der Waals surface area contributed by atoms with E-state index >= 15 is 0 Å². The average Bonchev–Trinajstić information content (AvgIpc) is 2.65. The summed E-state index contributed by atoms with van der Waals surface area (Å²) < 4.78 is 0. The quantitative estimate of drug-likeness (QED) is 0.172. The van der Waals surface area contributed by atoms with Crippen molar-refractivity contribution in [1.29, 1.82) is 0 Å². The average molecular weight is 420 g/mol. The Kier molecular flexibility index (Phi) is 11.9. The molecular weight excluding hydrogens is 392 g/mol. The molecule has 0 fully saturated rings. The molecule has 0 aliphatic rings. The maximum absolute atomic E-state index is 12.1. The molecule has 0 aromatic heterocycles. The number of carbonyl (C=O) groups excluding carboxylic acids is 3. The Hall–Kier alpha value is -2.34. The Morgan fingerprint density at radius 1 is 1.07 bits per heavy atom. The number of amides is 3. The molecule has 7 N–H and O–H groups in total. The van der Waals surface area contributed by atoms with Crippen molar-refractivity contribution in [2.24, 2.45) is 11.7 Å². The minimum atomic E-state index is -1.18. The molecule has 160 valence electrons. The van der Waals surface area contributed by atoms with E-state index in [9.17, 15) is 24.0 Å². The van der Waals surface area contributed by atoms with E-state index in [1.165, 1.54) is 0 Å². The third-order valence-electron chi connectivity index (χ3n) is 4.04. The minimum absolute atomic E-state index is 0.0878. The fourth-order valence-corrected chi connectivity index (χ4v) is 2.34. The van der Waals surface area contributed by atoms with Crippen LogP contribution in [0.25, 0.3) is 0 Å². The zero-order valence-corrected chi connectivity index (χ0v) is 16.7. The van der Waals surface area contributed by atoms with E-state index in [1.54, 1.807) is 13.8 Å². The van der Waals surface area contributed by atoms with Crippen LogP contribution in [0.15, 0.2) is 0 Å². The van der Waals surface area contributed by atoms with Crippen molar-refractivity contribution in [3.05, 3.63) is 0 Å². The Labute approximate surface area is 168 Å². The Morgan fingerprint density at radius 3 is 2.14 bits per heavy atom. The molecule has 0 saturated heterocycles. The van der Waals surface area contributed by atoms with Crippen molar-refractivity contribution < 1.29 is 34.2 Å². The van der Waals surface area contributed by atoms with Crippen molar-refractivity contribution in [2.75, 3.05) is 12.3 Å². The van der Waals surface area contributed by atoms with Gasteiger partial charge in [0, 0.05) is 12.2 Å². The standard InChI is InChI=1S/C16H28N4O7S/c1-3-8(2)13(16(26)27)20-11(21)6-18-15(25)10(7-28)19-14(24)9(17)4-5-12(22)23/h8-10,13,28H,3-7,17H2,1-2H3,(H,18,25)(H,19,24)(H,20,21)(H,22,23)(H,26,27). The Bertz CT molecular complexity index is 587. The molecule has 0 spiro atoms. The van der Waals surface area contributed by atoms with Crippen LogP contribution in [0.4, 0.5) is 0 Å². The summed E-state index contributed by atoms with van der Waals surface area (Å²) in [4.78, 5) is 57.6. The fraction of sp³-hybridized carbons (Fsp3) is 0.688. The number of nitrogens with one attached hydrogen (secondary N) is 3. The number of hydrogen-bond donors (Lipinski definition) is 7. The van der Waals surface area contributed by atoms with E-state index in [-0.39, 0.29) is 24.5 Å². The first-order valence-corrected chi connectivity index (χ1v) is 9.35. The largest absolute Gasteiger partial charge is 0.481 e. The third-order valence-corrected chi connectivity index (χ3v) is 4.41. The summed E-state index contributed by atoms with van der Waals surface area (Å²) in [7, 11) is 0. The van der Waals surface area contributed by atoms with Gasteiger partial charge in [0.05, 0.1) is 12.6 Å². The van der Waals surface area contributed by atoms with Crippen molar-refractivity contribution in [1.82, 2.24) is 16.0 Å². The molecule has 0 heterocycles. The van der Waals surface area contributed by atoms with Crippen molar-refractivity contribution >= 4 is 42.3 Å². The van der Waals surface area contributed by atoms with Crippen molar-refractivity contribution in [2.45, 2.75) is 51.2 Å². The SMILES string of the molecule is CCC(C)C(NC(=O)CNC(=O)C(CS)NC(=O)C(N)CCC(=O)O)C(=O)O. The van der Waals surface area contributed by atoms with Crippen LogP contribution < -0.4 is 21.7 Å². The molecule has 0 aliphatic heterocycles. The van der Waals surface area contributed by atoms with E-state index < -0.39 is 54.3 Å². The molecule has 3 amide bonds. The molecular formula is C16H28N4O7S. The fourth-order valence-electron chi connectivity index (χ4n) is 2.08. The summed E-state index contributed by atoms with van der Waals surface area (Å²) in [5, 5.41) is 24.7. The lowest BCUT2D eigenvalue weighted by Gasteiger charge is -2.21. The first kappa shape index (κ1) is 25.7. The molecule has 0 saturated carbocycles. The number of rotatable bonds is 13. The van der Waals surface area contributed by atoms with Gasteiger partial charge in [-0.1, -0.05) is 20.3 Å². The van der Waals surface area contributed by atoms with Gasteiger partial charge in [0.25, 0.3) is 0 Å². The molecule has 0 rings (SSSR count). The molecule has 0 aromatic rings. The van der Waals surface area contributed by atoms with E-state index in [0.717, 1.165) is 0 Å². The van der Waals surface area contributed by atoms with Gasteiger partial charge in [-0.25, -0.2) is 4.79 Å². The van der Waals surface area contributed by atoms with Gasteiger partial charge < -0.3 is 31.9 Å². The summed E-state index contributed by atoms with van der Waals surface area (Å²) in [5.41, 5.74) is 5.56. The molecule has 12 heteroatoms. The first-order chi connectivity index (χ1) is 13.0. The maximum Gasteiger partial charge on any atom is 0.326 e. The van der Waals surface area contributed by atoms with Gasteiger partial charge >= 0.3 is 11.9 Å². The second kappa shape index (κ2) is 12.9. The summed E-state index contributed by atoms with van der Waals surface area (Å²) in [6.07, 6.45) is 0.142. The van der Waals surface area contributed by atoms with Gasteiger partial charge in [-0.2, -0.15) is 12.6 Å². The van der Waals surface area contributed by atoms with Crippen LogP contribution >= 0.6 is 12.6 Å². The summed E-state index contributed by atoms with van der Waals surface area (Å²) in [5.74, 6) is -4.78. The van der Waals surface area contributed by atoms with E-state index in [1.807, 2.05) is 0 Å². The van der Waals surface area contributed by atoms with Crippen molar-refractivity contribution in [3.63, 3.8) is 0 Å². The first-order valence-electron chi connectivity index (χ1n) is 8.71. The lowest BCUT2D eigenvalue weighted by atomic mass is 9.99.